The van der Waals surface area contributed by atoms with Gasteiger partial charge in [-0.3, -0.25) is 24.1 Å². The zero-order valence-electron chi connectivity index (χ0n) is 16.6. The Kier molecular flexibility index (Phi) is 5.87. The fourth-order valence-corrected chi connectivity index (χ4v) is 4.19. The second kappa shape index (κ2) is 8.73. The molecule has 1 saturated carbocycles. The Morgan fingerprint density at radius 3 is 2.40 bits per heavy atom. The van der Waals surface area contributed by atoms with E-state index in [2.05, 4.69) is 5.32 Å². The maximum Gasteiger partial charge on any atom is 0.308 e. The minimum atomic E-state index is -0.636. The lowest BCUT2D eigenvalue weighted by molar-refractivity contribution is -0.148. The summed E-state index contributed by atoms with van der Waals surface area (Å²) in [6.07, 6.45) is 3.24. The Hall–Kier alpha value is -3.10. The maximum atomic E-state index is 12.4. The Bertz CT molecular complexity index is 845. The highest BCUT2D eigenvalue weighted by Gasteiger charge is 2.47. The molecule has 30 heavy (non-hydrogen) atoms. The molecule has 0 bridgehead atoms. The van der Waals surface area contributed by atoms with E-state index < -0.39 is 18.5 Å². The van der Waals surface area contributed by atoms with Gasteiger partial charge in [0.1, 0.15) is 13.2 Å². The van der Waals surface area contributed by atoms with Crippen LogP contribution >= 0.6 is 0 Å². The predicted molar refractivity (Wildman–Crippen MR) is 104 cm³/mol. The molecule has 1 N–H and O–H groups in total. The highest BCUT2D eigenvalue weighted by atomic mass is 16.6. The zero-order valence-corrected chi connectivity index (χ0v) is 16.6. The molecular weight excluding hydrogens is 392 g/mol. The van der Waals surface area contributed by atoms with Gasteiger partial charge >= 0.3 is 5.97 Å². The predicted octanol–water partition coefficient (Wildman–Crippen LogP) is 1.50. The van der Waals surface area contributed by atoms with Crippen LogP contribution in [0, 0.1) is 11.8 Å². The van der Waals surface area contributed by atoms with Gasteiger partial charge in [0.2, 0.25) is 11.8 Å². The molecule has 0 radical (unpaired) electrons. The summed E-state index contributed by atoms with van der Waals surface area (Å²) in [5.41, 5.74) is 0.496. The van der Waals surface area contributed by atoms with Crippen LogP contribution in [0.3, 0.4) is 0 Å². The van der Waals surface area contributed by atoms with Crippen molar-refractivity contribution in [1.82, 2.24) is 4.90 Å². The molecule has 3 amide bonds. The summed E-state index contributed by atoms with van der Waals surface area (Å²) in [5, 5.41) is 2.62. The third-order valence-electron chi connectivity index (χ3n) is 5.66. The largest absolute Gasteiger partial charge is 0.486 e. The second-order valence-electron chi connectivity index (χ2n) is 7.64. The summed E-state index contributed by atoms with van der Waals surface area (Å²) in [7, 11) is 0. The maximum absolute atomic E-state index is 12.4. The first kappa shape index (κ1) is 20.2. The van der Waals surface area contributed by atoms with Crippen molar-refractivity contribution in [2.75, 3.05) is 31.7 Å². The lowest BCUT2D eigenvalue weighted by Gasteiger charge is -2.19. The Morgan fingerprint density at radius 1 is 1.03 bits per heavy atom. The monoisotopic (exact) mass is 416 g/mol. The number of fused-ring (bicyclic) bond motifs is 2. The minimum Gasteiger partial charge on any atom is -0.486 e. The Labute approximate surface area is 173 Å². The van der Waals surface area contributed by atoms with Crippen LogP contribution in [0.5, 0.6) is 11.5 Å². The quantitative estimate of drug-likeness (QED) is 0.553. The van der Waals surface area contributed by atoms with Crippen molar-refractivity contribution in [3.63, 3.8) is 0 Å². The van der Waals surface area contributed by atoms with E-state index in [1.807, 2.05) is 0 Å². The summed E-state index contributed by atoms with van der Waals surface area (Å²) < 4.78 is 15.9. The molecule has 2 fully saturated rings. The van der Waals surface area contributed by atoms with Gasteiger partial charge in [-0.05, 0) is 25.0 Å². The number of carbonyl (C=O) groups is 4. The van der Waals surface area contributed by atoms with Gasteiger partial charge in [0.25, 0.3) is 5.91 Å². The second-order valence-corrected chi connectivity index (χ2v) is 7.64. The molecule has 2 aliphatic heterocycles. The summed E-state index contributed by atoms with van der Waals surface area (Å²) in [5.74, 6) is -0.837. The van der Waals surface area contributed by atoms with Gasteiger partial charge in [-0.2, -0.15) is 0 Å². The molecule has 160 valence electrons. The molecule has 9 nitrogen and oxygen atoms in total. The van der Waals surface area contributed by atoms with E-state index in [-0.39, 0.29) is 36.6 Å². The fraction of sp³-hybridized carbons (Fsp3) is 0.524. The van der Waals surface area contributed by atoms with Gasteiger partial charge in [-0.1, -0.05) is 12.8 Å². The fourth-order valence-electron chi connectivity index (χ4n) is 4.19. The first-order valence-corrected chi connectivity index (χ1v) is 10.2. The van der Waals surface area contributed by atoms with E-state index in [1.165, 1.54) is 4.90 Å². The molecule has 1 aliphatic carbocycles. The summed E-state index contributed by atoms with van der Waals surface area (Å²) >= 11 is 0. The van der Waals surface area contributed by atoms with Crippen LogP contribution in [0.15, 0.2) is 18.2 Å². The van der Waals surface area contributed by atoms with Crippen LogP contribution in [-0.2, 0) is 23.9 Å². The summed E-state index contributed by atoms with van der Waals surface area (Å²) in [6, 6.07) is 4.99. The number of anilines is 1. The molecule has 4 rings (SSSR count). The van der Waals surface area contributed by atoms with Crippen LogP contribution < -0.4 is 14.8 Å². The molecular formula is C21H24N2O7. The SMILES string of the molecule is O=C(COC(=O)CCN1C(=O)[C@H]2CCCC[C@H]2C1=O)Nc1ccc2c(c1)OCCO2. The number of hydrogen-bond donors (Lipinski definition) is 1. The number of benzene rings is 1. The number of esters is 1. The summed E-state index contributed by atoms with van der Waals surface area (Å²) in [4.78, 5) is 50.0. The number of imide groups is 1. The number of rotatable bonds is 6. The van der Waals surface area contributed by atoms with Crippen molar-refractivity contribution in [1.29, 1.82) is 0 Å². The van der Waals surface area contributed by atoms with E-state index in [4.69, 9.17) is 14.2 Å². The highest BCUT2D eigenvalue weighted by molar-refractivity contribution is 6.05. The number of likely N-dealkylation sites (tertiary alicyclic amines) is 1. The molecule has 1 saturated heterocycles. The van der Waals surface area contributed by atoms with E-state index in [1.54, 1.807) is 18.2 Å². The van der Waals surface area contributed by atoms with Crippen molar-refractivity contribution in [3.05, 3.63) is 18.2 Å². The molecule has 1 aromatic carbocycles. The first-order valence-electron chi connectivity index (χ1n) is 10.2. The smallest absolute Gasteiger partial charge is 0.308 e. The van der Waals surface area contributed by atoms with Gasteiger partial charge < -0.3 is 19.5 Å². The lowest BCUT2D eigenvalue weighted by Crippen LogP contribution is -2.33. The average molecular weight is 416 g/mol. The number of carbonyl (C=O) groups excluding carboxylic acids is 4. The Morgan fingerprint density at radius 2 is 1.70 bits per heavy atom. The standard InChI is InChI=1S/C21H24N2O7/c24-18(22-13-5-6-16-17(11-13)29-10-9-28-16)12-30-19(25)7-8-23-20(26)14-3-1-2-4-15(14)21(23)27/h5-6,11,14-15H,1-4,7-10,12H2,(H,22,24)/t14-,15+. The van der Waals surface area contributed by atoms with Gasteiger partial charge in [-0.25, -0.2) is 0 Å². The molecule has 2 atom stereocenters. The normalized spacial score (nSPS) is 22.5. The van der Waals surface area contributed by atoms with Crippen LogP contribution in [0.1, 0.15) is 32.1 Å². The van der Waals surface area contributed by atoms with E-state index in [0.29, 0.717) is 30.4 Å². The molecule has 0 unspecified atom stereocenters. The van der Waals surface area contributed by atoms with Crippen molar-refractivity contribution in [2.24, 2.45) is 11.8 Å². The third-order valence-corrected chi connectivity index (χ3v) is 5.66. The van der Waals surface area contributed by atoms with Crippen molar-refractivity contribution >= 4 is 29.4 Å². The molecule has 2 heterocycles. The van der Waals surface area contributed by atoms with Gasteiger partial charge in [0.05, 0.1) is 18.3 Å². The first-order chi connectivity index (χ1) is 14.5. The van der Waals surface area contributed by atoms with Crippen molar-refractivity contribution in [3.8, 4) is 11.5 Å². The van der Waals surface area contributed by atoms with Crippen molar-refractivity contribution < 1.29 is 33.4 Å². The number of nitrogens with zero attached hydrogens (tertiary/aromatic N) is 1. The number of hydrogen-bond acceptors (Lipinski definition) is 7. The highest BCUT2D eigenvalue weighted by Crippen LogP contribution is 2.38. The number of nitrogens with one attached hydrogen (secondary N) is 1. The average Bonchev–Trinajstić information content (AvgIpc) is 3.01. The van der Waals surface area contributed by atoms with Crippen LogP contribution in [0.25, 0.3) is 0 Å². The molecule has 0 spiro atoms. The van der Waals surface area contributed by atoms with Crippen LogP contribution in [0.4, 0.5) is 5.69 Å². The Balaban J connectivity index is 1.21. The molecule has 0 aromatic heterocycles. The lowest BCUT2D eigenvalue weighted by atomic mass is 9.81. The van der Waals surface area contributed by atoms with E-state index >= 15 is 0 Å². The zero-order chi connectivity index (χ0) is 21.1. The topological polar surface area (TPSA) is 111 Å². The van der Waals surface area contributed by atoms with E-state index in [9.17, 15) is 19.2 Å². The van der Waals surface area contributed by atoms with Gasteiger partial charge in [0, 0.05) is 18.3 Å². The third kappa shape index (κ3) is 4.24. The molecule has 1 aromatic rings. The van der Waals surface area contributed by atoms with Gasteiger partial charge in [-0.15, -0.1) is 0 Å². The summed E-state index contributed by atoms with van der Waals surface area (Å²) in [6.45, 7) is 0.448. The van der Waals surface area contributed by atoms with Gasteiger partial charge in [0.15, 0.2) is 18.1 Å². The van der Waals surface area contributed by atoms with Crippen LogP contribution in [0.2, 0.25) is 0 Å². The molecule has 3 aliphatic rings. The number of ether oxygens (including phenoxy) is 3. The van der Waals surface area contributed by atoms with E-state index in [0.717, 1.165) is 25.7 Å². The minimum absolute atomic E-state index is 0.00667. The van der Waals surface area contributed by atoms with Crippen molar-refractivity contribution in [2.45, 2.75) is 32.1 Å². The number of amides is 3. The van der Waals surface area contributed by atoms with Crippen LogP contribution in [-0.4, -0.2) is 55.0 Å². The molecule has 9 heteroatoms.